The molecular formula is C19H21F3N2O3. The summed E-state index contributed by atoms with van der Waals surface area (Å²) in [6.07, 6.45) is -4.71. The number of amides is 2. The van der Waals surface area contributed by atoms with E-state index < -0.39 is 23.9 Å². The van der Waals surface area contributed by atoms with Crippen molar-refractivity contribution in [3.8, 4) is 5.75 Å². The second kappa shape index (κ2) is 9.82. The molecule has 5 nitrogen and oxygen atoms in total. The number of hydrogen-bond donors (Lipinski definition) is 3. The Morgan fingerprint density at radius 1 is 1.04 bits per heavy atom. The Kier molecular flexibility index (Phi) is 7.48. The van der Waals surface area contributed by atoms with Crippen molar-refractivity contribution >= 4 is 6.03 Å². The first-order chi connectivity index (χ1) is 12.8. The number of aliphatic hydroxyl groups is 1. The van der Waals surface area contributed by atoms with Crippen molar-refractivity contribution in [2.24, 2.45) is 0 Å². The normalized spacial score (nSPS) is 12.3. The lowest BCUT2D eigenvalue weighted by Crippen LogP contribution is -2.41. The molecule has 8 heteroatoms. The van der Waals surface area contributed by atoms with Gasteiger partial charge in [-0.2, -0.15) is 13.2 Å². The van der Waals surface area contributed by atoms with E-state index in [-0.39, 0.29) is 18.9 Å². The van der Waals surface area contributed by atoms with Gasteiger partial charge in [0.2, 0.25) is 0 Å². The summed E-state index contributed by atoms with van der Waals surface area (Å²) >= 11 is 0. The van der Waals surface area contributed by atoms with Gasteiger partial charge in [-0.25, -0.2) is 4.79 Å². The standard InChI is InChI=1S/C19H21F3N2O3/c20-19(21,22)15-6-8-17(9-7-15)27-13-16(25)12-24-18(26)23-11-10-14-4-2-1-3-5-14/h1-9,16,25H,10-13H2,(H2,23,24,26). The highest BCUT2D eigenvalue weighted by Crippen LogP contribution is 2.30. The fraction of sp³-hybridized carbons (Fsp3) is 0.316. The van der Waals surface area contributed by atoms with Crippen molar-refractivity contribution in [1.29, 1.82) is 0 Å². The molecule has 0 aliphatic heterocycles. The summed E-state index contributed by atoms with van der Waals surface area (Å²) in [7, 11) is 0. The van der Waals surface area contributed by atoms with Gasteiger partial charge in [0.05, 0.1) is 5.56 Å². The van der Waals surface area contributed by atoms with Crippen LogP contribution in [0.5, 0.6) is 5.75 Å². The predicted molar refractivity (Wildman–Crippen MR) is 94.5 cm³/mol. The summed E-state index contributed by atoms with van der Waals surface area (Å²) in [6, 6.07) is 13.4. The summed E-state index contributed by atoms with van der Waals surface area (Å²) in [4.78, 5) is 11.7. The monoisotopic (exact) mass is 382 g/mol. The fourth-order valence-electron chi connectivity index (χ4n) is 2.23. The van der Waals surface area contributed by atoms with Gasteiger partial charge in [0.15, 0.2) is 0 Å². The number of nitrogens with one attached hydrogen (secondary N) is 2. The van der Waals surface area contributed by atoms with E-state index in [1.54, 1.807) is 0 Å². The Morgan fingerprint density at radius 3 is 2.33 bits per heavy atom. The van der Waals surface area contributed by atoms with Gasteiger partial charge in [0.25, 0.3) is 0 Å². The smallest absolute Gasteiger partial charge is 0.416 e. The fourth-order valence-corrected chi connectivity index (χ4v) is 2.23. The lowest BCUT2D eigenvalue weighted by atomic mass is 10.1. The minimum atomic E-state index is -4.41. The van der Waals surface area contributed by atoms with Gasteiger partial charge in [-0.05, 0) is 36.2 Å². The van der Waals surface area contributed by atoms with E-state index in [4.69, 9.17) is 4.74 Å². The number of carbonyl (C=O) groups is 1. The maximum absolute atomic E-state index is 12.5. The molecule has 0 saturated carbocycles. The molecule has 0 spiro atoms. The first-order valence-electron chi connectivity index (χ1n) is 8.38. The molecule has 1 atom stereocenters. The van der Waals surface area contributed by atoms with Crippen molar-refractivity contribution < 1.29 is 27.8 Å². The van der Waals surface area contributed by atoms with Gasteiger partial charge in [-0.15, -0.1) is 0 Å². The summed E-state index contributed by atoms with van der Waals surface area (Å²) in [5.41, 5.74) is 0.326. The molecule has 3 N–H and O–H groups in total. The van der Waals surface area contributed by atoms with Crippen molar-refractivity contribution in [3.63, 3.8) is 0 Å². The topological polar surface area (TPSA) is 70.6 Å². The molecule has 2 amide bonds. The maximum Gasteiger partial charge on any atom is 0.416 e. The first-order valence-corrected chi connectivity index (χ1v) is 8.38. The lowest BCUT2D eigenvalue weighted by molar-refractivity contribution is -0.137. The highest BCUT2D eigenvalue weighted by molar-refractivity contribution is 5.73. The van der Waals surface area contributed by atoms with Crippen LogP contribution in [0.3, 0.4) is 0 Å². The van der Waals surface area contributed by atoms with Gasteiger partial charge in [-0.1, -0.05) is 30.3 Å². The van der Waals surface area contributed by atoms with Crippen molar-refractivity contribution in [2.75, 3.05) is 19.7 Å². The third-order valence-corrected chi connectivity index (χ3v) is 3.66. The molecule has 0 heterocycles. The second-order valence-corrected chi connectivity index (χ2v) is 5.86. The Balaban J connectivity index is 1.62. The minimum absolute atomic E-state index is 0.0438. The van der Waals surface area contributed by atoms with Gasteiger partial charge in [0.1, 0.15) is 18.5 Å². The molecule has 0 aliphatic rings. The number of benzene rings is 2. The first kappa shape index (κ1) is 20.6. The largest absolute Gasteiger partial charge is 0.491 e. The zero-order chi connectivity index (χ0) is 19.7. The van der Waals surface area contributed by atoms with E-state index in [9.17, 15) is 23.1 Å². The summed E-state index contributed by atoms with van der Waals surface area (Å²) in [6.45, 7) is 0.251. The van der Waals surface area contributed by atoms with Gasteiger partial charge in [0, 0.05) is 13.1 Å². The highest BCUT2D eigenvalue weighted by Gasteiger charge is 2.30. The minimum Gasteiger partial charge on any atom is -0.491 e. The van der Waals surface area contributed by atoms with E-state index in [2.05, 4.69) is 10.6 Å². The zero-order valence-electron chi connectivity index (χ0n) is 14.5. The summed E-state index contributed by atoms with van der Waals surface area (Å²) in [5, 5.41) is 15.0. The highest BCUT2D eigenvalue weighted by atomic mass is 19.4. The number of alkyl halides is 3. The van der Waals surface area contributed by atoms with Crippen LogP contribution >= 0.6 is 0 Å². The molecular weight excluding hydrogens is 361 g/mol. The Morgan fingerprint density at radius 2 is 1.70 bits per heavy atom. The Bertz CT molecular complexity index is 706. The van der Waals surface area contributed by atoms with Crippen LogP contribution in [0.4, 0.5) is 18.0 Å². The molecule has 2 rings (SSSR count). The molecule has 0 aliphatic carbocycles. The zero-order valence-corrected chi connectivity index (χ0v) is 14.5. The van der Waals surface area contributed by atoms with E-state index >= 15 is 0 Å². The van der Waals surface area contributed by atoms with Crippen molar-refractivity contribution in [1.82, 2.24) is 10.6 Å². The Labute approximate surface area is 155 Å². The molecule has 2 aromatic rings. The van der Waals surface area contributed by atoms with Crippen molar-refractivity contribution in [3.05, 3.63) is 65.7 Å². The molecule has 27 heavy (non-hydrogen) atoms. The molecule has 0 saturated heterocycles. The average Bonchev–Trinajstić information content (AvgIpc) is 2.65. The number of halogens is 3. The third kappa shape index (κ3) is 7.57. The van der Waals surface area contributed by atoms with Gasteiger partial charge in [-0.3, -0.25) is 0 Å². The van der Waals surface area contributed by atoms with Crippen LogP contribution in [0.1, 0.15) is 11.1 Å². The lowest BCUT2D eigenvalue weighted by Gasteiger charge is -2.14. The van der Waals surface area contributed by atoms with Gasteiger partial charge < -0.3 is 20.5 Å². The van der Waals surface area contributed by atoms with Crippen LogP contribution < -0.4 is 15.4 Å². The quantitative estimate of drug-likeness (QED) is 0.657. The van der Waals surface area contributed by atoms with Crippen molar-refractivity contribution in [2.45, 2.75) is 18.7 Å². The summed E-state index contributed by atoms with van der Waals surface area (Å²) < 4.78 is 42.6. The summed E-state index contributed by atoms with van der Waals surface area (Å²) in [5.74, 6) is 0.203. The van der Waals surface area contributed by atoms with Gasteiger partial charge >= 0.3 is 12.2 Å². The van der Waals surface area contributed by atoms with E-state index in [1.807, 2.05) is 30.3 Å². The molecule has 1 unspecified atom stereocenters. The number of hydrogen-bond acceptors (Lipinski definition) is 3. The second-order valence-electron chi connectivity index (χ2n) is 5.86. The van der Waals surface area contributed by atoms with Crippen LogP contribution in [0.2, 0.25) is 0 Å². The van der Waals surface area contributed by atoms with Crippen LogP contribution in [0.25, 0.3) is 0 Å². The number of aliphatic hydroxyl groups excluding tert-OH is 1. The molecule has 0 aromatic heterocycles. The molecule has 0 bridgehead atoms. The van der Waals surface area contributed by atoms with Crippen LogP contribution in [-0.4, -0.2) is 36.9 Å². The number of ether oxygens (including phenoxy) is 1. The third-order valence-electron chi connectivity index (χ3n) is 3.66. The molecule has 146 valence electrons. The van der Waals surface area contributed by atoms with E-state index in [1.165, 1.54) is 12.1 Å². The number of urea groups is 1. The van der Waals surface area contributed by atoms with Crippen LogP contribution in [-0.2, 0) is 12.6 Å². The van der Waals surface area contributed by atoms with E-state index in [0.717, 1.165) is 17.7 Å². The number of carbonyl (C=O) groups excluding carboxylic acids is 1. The average molecular weight is 382 g/mol. The predicted octanol–water partition coefficient (Wildman–Crippen LogP) is 2.99. The molecule has 0 radical (unpaired) electrons. The Hall–Kier alpha value is -2.74. The SMILES string of the molecule is O=C(NCCc1ccccc1)NCC(O)COc1ccc(C(F)(F)F)cc1. The molecule has 0 fully saturated rings. The van der Waals surface area contributed by atoms with E-state index in [0.29, 0.717) is 13.0 Å². The van der Waals surface area contributed by atoms with Crippen LogP contribution in [0, 0.1) is 0 Å². The number of rotatable bonds is 8. The maximum atomic E-state index is 12.5. The van der Waals surface area contributed by atoms with Crippen LogP contribution in [0.15, 0.2) is 54.6 Å². The molecule has 2 aromatic carbocycles.